The summed E-state index contributed by atoms with van der Waals surface area (Å²) in [5, 5.41) is 4.42. The molecule has 0 aliphatic rings. The van der Waals surface area contributed by atoms with Crippen molar-refractivity contribution in [3.05, 3.63) is 57.0 Å². The molecular weight excluding hydrogens is 318 g/mol. The van der Waals surface area contributed by atoms with E-state index in [1.54, 1.807) is 17.8 Å². The third-order valence-electron chi connectivity index (χ3n) is 2.98. The van der Waals surface area contributed by atoms with E-state index in [1.165, 1.54) is 5.56 Å². The Morgan fingerprint density at radius 1 is 1.32 bits per heavy atom. The van der Waals surface area contributed by atoms with Crippen molar-refractivity contribution in [1.29, 1.82) is 0 Å². The molecule has 0 amide bonds. The summed E-state index contributed by atoms with van der Waals surface area (Å²) in [4.78, 5) is 18.8. The predicted octanol–water partition coefficient (Wildman–Crippen LogP) is 3.72. The number of anilines is 1. The normalized spacial score (nSPS) is 10.9. The van der Waals surface area contributed by atoms with Gasteiger partial charge in [0.15, 0.2) is 0 Å². The molecule has 0 aliphatic heterocycles. The van der Waals surface area contributed by atoms with Gasteiger partial charge in [0.05, 0.1) is 5.69 Å². The van der Waals surface area contributed by atoms with E-state index in [0.717, 1.165) is 22.9 Å². The average molecular weight is 338 g/mol. The Hall–Kier alpha value is -1.46. The molecule has 0 saturated heterocycles. The molecule has 1 aromatic heterocycles. The summed E-state index contributed by atoms with van der Waals surface area (Å²) in [5.41, 5.74) is 1.87. The van der Waals surface area contributed by atoms with Gasteiger partial charge in [0.2, 0.25) is 5.95 Å². The molecule has 2 rings (SSSR count). The zero-order valence-electron chi connectivity index (χ0n) is 12.7. The molecule has 118 valence electrons. The van der Waals surface area contributed by atoms with Gasteiger partial charge in [-0.05, 0) is 29.4 Å². The van der Waals surface area contributed by atoms with Crippen LogP contribution in [0.3, 0.4) is 0 Å². The van der Waals surface area contributed by atoms with Crippen LogP contribution in [0.1, 0.15) is 25.1 Å². The van der Waals surface area contributed by atoms with Gasteiger partial charge in [0, 0.05) is 23.4 Å². The van der Waals surface area contributed by atoms with E-state index in [9.17, 15) is 4.79 Å². The third kappa shape index (κ3) is 5.73. The molecule has 0 spiro atoms. The topological polar surface area (TPSA) is 57.8 Å². The summed E-state index contributed by atoms with van der Waals surface area (Å²) in [5.74, 6) is 1.27. The van der Waals surface area contributed by atoms with Crippen molar-refractivity contribution in [3.63, 3.8) is 0 Å². The lowest BCUT2D eigenvalue weighted by Crippen LogP contribution is -2.15. The smallest absolute Gasteiger partial charge is 0.252 e. The van der Waals surface area contributed by atoms with E-state index in [4.69, 9.17) is 11.6 Å². The van der Waals surface area contributed by atoms with Crippen LogP contribution >= 0.6 is 23.4 Å². The number of aromatic nitrogens is 2. The predicted molar refractivity (Wildman–Crippen MR) is 94.9 cm³/mol. The Labute approximate surface area is 139 Å². The van der Waals surface area contributed by atoms with Crippen LogP contribution in [0.25, 0.3) is 0 Å². The molecule has 4 nitrogen and oxygen atoms in total. The first-order chi connectivity index (χ1) is 10.5. The van der Waals surface area contributed by atoms with Crippen molar-refractivity contribution < 1.29 is 0 Å². The third-order valence-corrected chi connectivity index (χ3v) is 4.36. The van der Waals surface area contributed by atoms with Crippen LogP contribution in [0.4, 0.5) is 5.95 Å². The largest absolute Gasteiger partial charge is 0.355 e. The molecule has 0 atom stereocenters. The van der Waals surface area contributed by atoms with E-state index in [0.29, 0.717) is 17.7 Å². The monoisotopic (exact) mass is 337 g/mol. The fourth-order valence-corrected chi connectivity index (χ4v) is 2.67. The summed E-state index contributed by atoms with van der Waals surface area (Å²) in [6.45, 7) is 4.96. The highest BCUT2D eigenvalue weighted by Crippen LogP contribution is 2.15. The van der Waals surface area contributed by atoms with Gasteiger partial charge in [-0.15, -0.1) is 0 Å². The molecule has 1 aromatic carbocycles. The first-order valence-corrected chi connectivity index (χ1v) is 8.66. The highest BCUT2D eigenvalue weighted by atomic mass is 35.5. The molecule has 0 bridgehead atoms. The molecule has 2 N–H and O–H groups in total. The molecule has 0 unspecified atom stereocenters. The molecule has 0 fully saturated rings. The lowest BCUT2D eigenvalue weighted by Gasteiger charge is -2.08. The Morgan fingerprint density at radius 2 is 2.05 bits per heavy atom. The molecule has 1 heterocycles. The Balaban J connectivity index is 1.91. The average Bonchev–Trinajstić information content (AvgIpc) is 2.47. The number of benzene rings is 1. The Bertz CT molecular complexity index is 655. The van der Waals surface area contributed by atoms with E-state index in [2.05, 4.69) is 29.1 Å². The quantitative estimate of drug-likeness (QED) is 0.808. The van der Waals surface area contributed by atoms with Gasteiger partial charge in [0.1, 0.15) is 0 Å². The molecule has 0 saturated carbocycles. The molecule has 6 heteroatoms. The number of rotatable bonds is 7. The van der Waals surface area contributed by atoms with Crippen LogP contribution in [0, 0.1) is 0 Å². The van der Waals surface area contributed by atoms with Gasteiger partial charge in [0.25, 0.3) is 5.56 Å². The molecule has 2 aromatic rings. The second-order valence-corrected chi connectivity index (χ2v) is 7.25. The van der Waals surface area contributed by atoms with Crippen LogP contribution in [0.15, 0.2) is 35.1 Å². The summed E-state index contributed by atoms with van der Waals surface area (Å²) in [7, 11) is 0. The lowest BCUT2D eigenvalue weighted by molar-refractivity contribution is 0.961. The van der Waals surface area contributed by atoms with Crippen LogP contribution in [0.2, 0.25) is 5.02 Å². The highest BCUT2D eigenvalue weighted by molar-refractivity contribution is 7.99. The van der Waals surface area contributed by atoms with Gasteiger partial charge in [-0.1, -0.05) is 37.6 Å². The maximum Gasteiger partial charge on any atom is 0.252 e. The number of hydrogen-bond donors (Lipinski definition) is 2. The Kier molecular flexibility index (Phi) is 6.34. The van der Waals surface area contributed by atoms with Gasteiger partial charge in [-0.25, -0.2) is 4.98 Å². The van der Waals surface area contributed by atoms with Crippen LogP contribution in [-0.2, 0) is 12.2 Å². The number of nitrogens with one attached hydrogen (secondary N) is 2. The number of halogens is 1. The summed E-state index contributed by atoms with van der Waals surface area (Å²) in [6, 6.07) is 9.30. The minimum Gasteiger partial charge on any atom is -0.355 e. The molecular formula is C16H20ClN3OS. The molecule has 0 radical (unpaired) electrons. The summed E-state index contributed by atoms with van der Waals surface area (Å²) >= 11 is 7.63. The van der Waals surface area contributed by atoms with E-state index >= 15 is 0 Å². The minimum absolute atomic E-state index is 0.122. The van der Waals surface area contributed by atoms with Crippen LogP contribution < -0.4 is 10.9 Å². The van der Waals surface area contributed by atoms with Crippen LogP contribution in [-0.4, -0.2) is 21.8 Å². The Morgan fingerprint density at radius 3 is 2.73 bits per heavy atom. The fraction of sp³-hybridized carbons (Fsp3) is 0.375. The van der Waals surface area contributed by atoms with E-state index < -0.39 is 0 Å². The first-order valence-electron chi connectivity index (χ1n) is 7.23. The van der Waals surface area contributed by atoms with Gasteiger partial charge in [-0.3, -0.25) is 9.78 Å². The van der Waals surface area contributed by atoms with Crippen molar-refractivity contribution >= 4 is 29.3 Å². The second-order valence-electron chi connectivity index (χ2n) is 5.25. The SMILES string of the molecule is CC(C)SCc1cc(=O)[nH]c(NCCc2ccc(Cl)cc2)n1. The zero-order chi connectivity index (χ0) is 15.9. The summed E-state index contributed by atoms with van der Waals surface area (Å²) < 4.78 is 0. The van der Waals surface area contributed by atoms with Gasteiger partial charge < -0.3 is 5.32 Å². The second kappa shape index (κ2) is 8.25. The summed E-state index contributed by atoms with van der Waals surface area (Å²) in [6.07, 6.45) is 0.839. The maximum atomic E-state index is 11.7. The van der Waals surface area contributed by atoms with E-state index in [-0.39, 0.29) is 5.56 Å². The van der Waals surface area contributed by atoms with Crippen molar-refractivity contribution in [1.82, 2.24) is 9.97 Å². The number of nitrogens with zero attached hydrogens (tertiary/aromatic N) is 1. The van der Waals surface area contributed by atoms with Crippen molar-refractivity contribution in [2.75, 3.05) is 11.9 Å². The lowest BCUT2D eigenvalue weighted by atomic mass is 10.1. The molecule has 22 heavy (non-hydrogen) atoms. The number of hydrogen-bond acceptors (Lipinski definition) is 4. The zero-order valence-corrected chi connectivity index (χ0v) is 14.3. The highest BCUT2D eigenvalue weighted by Gasteiger charge is 2.03. The van der Waals surface area contributed by atoms with E-state index in [1.807, 2.05) is 24.3 Å². The number of H-pyrrole nitrogens is 1. The van der Waals surface area contributed by atoms with Crippen molar-refractivity contribution in [3.8, 4) is 0 Å². The number of thioether (sulfide) groups is 1. The van der Waals surface area contributed by atoms with Crippen molar-refractivity contribution in [2.45, 2.75) is 31.3 Å². The fourth-order valence-electron chi connectivity index (χ4n) is 1.89. The number of aromatic amines is 1. The van der Waals surface area contributed by atoms with Crippen LogP contribution in [0.5, 0.6) is 0 Å². The minimum atomic E-state index is -0.122. The van der Waals surface area contributed by atoms with Gasteiger partial charge in [-0.2, -0.15) is 11.8 Å². The first kappa shape index (κ1) is 16.9. The molecule has 0 aliphatic carbocycles. The van der Waals surface area contributed by atoms with Crippen molar-refractivity contribution in [2.24, 2.45) is 0 Å². The van der Waals surface area contributed by atoms with Gasteiger partial charge >= 0.3 is 0 Å². The maximum absolute atomic E-state index is 11.7. The standard InChI is InChI=1S/C16H20ClN3OS/c1-11(2)22-10-14-9-15(21)20-16(19-14)18-8-7-12-3-5-13(17)6-4-12/h3-6,9,11H,7-8,10H2,1-2H3,(H2,18,19,20,21).